The van der Waals surface area contributed by atoms with E-state index in [0.29, 0.717) is 37.7 Å². The molecule has 0 bridgehead atoms. The van der Waals surface area contributed by atoms with Gasteiger partial charge < -0.3 is 4.90 Å². The number of rotatable bonds is 6. The van der Waals surface area contributed by atoms with Crippen LogP contribution >= 0.6 is 11.6 Å². The summed E-state index contributed by atoms with van der Waals surface area (Å²) in [6.45, 7) is 3.30. The lowest BCUT2D eigenvalue weighted by Gasteiger charge is -2.35. The van der Waals surface area contributed by atoms with E-state index in [-0.39, 0.29) is 18.1 Å². The molecule has 0 atom stereocenters. The number of carbonyl (C=O) groups is 1. The summed E-state index contributed by atoms with van der Waals surface area (Å²) in [4.78, 5) is 26.3. The standard InChI is InChI=1S/C18H19ClF3N5O3/c1-11-17(27(29)30)16(18(21)22)23-26(11)10-15(28)25-6-4-24(5-7-25)9-12-2-3-13(20)8-14(12)19/h2-3,8,18H,4-7,9-10H2,1H3. The normalized spacial score (nSPS) is 15.1. The van der Waals surface area contributed by atoms with Gasteiger partial charge in [0.15, 0.2) is 0 Å². The van der Waals surface area contributed by atoms with Gasteiger partial charge in [0.1, 0.15) is 18.1 Å². The fraction of sp³-hybridized carbons (Fsp3) is 0.444. The molecule has 30 heavy (non-hydrogen) atoms. The highest BCUT2D eigenvalue weighted by atomic mass is 35.5. The van der Waals surface area contributed by atoms with Crippen LogP contribution in [0.2, 0.25) is 5.02 Å². The van der Waals surface area contributed by atoms with E-state index < -0.39 is 28.5 Å². The number of carbonyl (C=O) groups excluding carboxylic acids is 1. The second kappa shape index (κ2) is 9.00. The van der Waals surface area contributed by atoms with Crippen molar-refractivity contribution in [2.45, 2.75) is 26.4 Å². The lowest BCUT2D eigenvalue weighted by molar-refractivity contribution is -0.386. The van der Waals surface area contributed by atoms with E-state index in [1.165, 1.54) is 19.1 Å². The molecule has 2 aromatic rings. The number of hydrogen-bond donors (Lipinski definition) is 0. The molecular weight excluding hydrogens is 427 g/mol. The van der Waals surface area contributed by atoms with Crippen LogP contribution in [0, 0.1) is 22.9 Å². The highest BCUT2D eigenvalue weighted by Crippen LogP contribution is 2.30. The molecule has 0 saturated carbocycles. The van der Waals surface area contributed by atoms with Gasteiger partial charge in [-0.3, -0.25) is 24.5 Å². The third kappa shape index (κ3) is 4.73. The predicted octanol–water partition coefficient (Wildman–Crippen LogP) is 3.17. The maximum Gasteiger partial charge on any atom is 0.319 e. The minimum absolute atomic E-state index is 0.0896. The predicted molar refractivity (Wildman–Crippen MR) is 102 cm³/mol. The first-order chi connectivity index (χ1) is 14.2. The molecule has 1 fully saturated rings. The Morgan fingerprint density at radius 3 is 2.50 bits per heavy atom. The molecule has 162 valence electrons. The van der Waals surface area contributed by atoms with Crippen LogP contribution in [-0.2, 0) is 17.9 Å². The summed E-state index contributed by atoms with van der Waals surface area (Å²) in [7, 11) is 0. The Kier molecular flexibility index (Phi) is 6.61. The first-order valence-corrected chi connectivity index (χ1v) is 9.49. The Bertz CT molecular complexity index is 961. The summed E-state index contributed by atoms with van der Waals surface area (Å²) in [5.74, 6) is -0.779. The topological polar surface area (TPSA) is 84.5 Å². The third-order valence-corrected chi connectivity index (χ3v) is 5.36. The Labute approximate surface area is 175 Å². The summed E-state index contributed by atoms with van der Waals surface area (Å²) in [6, 6.07) is 4.19. The van der Waals surface area contributed by atoms with Crippen molar-refractivity contribution in [3.63, 3.8) is 0 Å². The monoisotopic (exact) mass is 445 g/mol. The fourth-order valence-corrected chi connectivity index (χ4v) is 3.59. The van der Waals surface area contributed by atoms with E-state index in [9.17, 15) is 28.1 Å². The quantitative estimate of drug-likeness (QED) is 0.503. The number of aromatic nitrogens is 2. The van der Waals surface area contributed by atoms with Gasteiger partial charge in [0.2, 0.25) is 11.6 Å². The molecule has 1 aliphatic rings. The van der Waals surface area contributed by atoms with Crippen molar-refractivity contribution < 1.29 is 22.9 Å². The molecule has 1 amide bonds. The average molecular weight is 446 g/mol. The highest BCUT2D eigenvalue weighted by molar-refractivity contribution is 6.31. The molecule has 0 radical (unpaired) electrons. The Balaban J connectivity index is 1.61. The molecule has 0 spiro atoms. The van der Waals surface area contributed by atoms with E-state index in [1.807, 2.05) is 0 Å². The van der Waals surface area contributed by atoms with Crippen LogP contribution in [-0.4, -0.2) is 56.6 Å². The van der Waals surface area contributed by atoms with Crippen LogP contribution in [0.3, 0.4) is 0 Å². The molecule has 2 heterocycles. The molecular formula is C18H19ClF3N5O3. The number of hydrogen-bond acceptors (Lipinski definition) is 5. The molecule has 3 rings (SSSR count). The fourth-order valence-electron chi connectivity index (χ4n) is 3.36. The molecule has 0 N–H and O–H groups in total. The lowest BCUT2D eigenvalue weighted by Crippen LogP contribution is -2.49. The van der Waals surface area contributed by atoms with Crippen molar-refractivity contribution in [2.75, 3.05) is 26.2 Å². The molecule has 0 aliphatic carbocycles. The van der Waals surface area contributed by atoms with Crippen molar-refractivity contribution in [2.24, 2.45) is 0 Å². The summed E-state index contributed by atoms with van der Waals surface area (Å²) in [5, 5.41) is 15.0. The molecule has 1 aromatic heterocycles. The summed E-state index contributed by atoms with van der Waals surface area (Å²) in [5.41, 5.74) is -1.02. The Morgan fingerprint density at radius 2 is 1.97 bits per heavy atom. The van der Waals surface area contributed by atoms with E-state index in [0.717, 1.165) is 10.2 Å². The van der Waals surface area contributed by atoms with Gasteiger partial charge in [-0.05, 0) is 24.6 Å². The van der Waals surface area contributed by atoms with Gasteiger partial charge in [-0.2, -0.15) is 5.10 Å². The first kappa shape index (κ1) is 22.0. The number of alkyl halides is 2. The largest absolute Gasteiger partial charge is 0.339 e. The van der Waals surface area contributed by atoms with Crippen LogP contribution in [0.4, 0.5) is 18.9 Å². The zero-order valence-electron chi connectivity index (χ0n) is 16.0. The first-order valence-electron chi connectivity index (χ1n) is 9.11. The number of piperazine rings is 1. The summed E-state index contributed by atoms with van der Waals surface area (Å²) >= 11 is 6.05. The van der Waals surface area contributed by atoms with E-state index in [1.54, 1.807) is 11.0 Å². The number of nitrogens with zero attached hydrogens (tertiary/aromatic N) is 5. The molecule has 8 nitrogen and oxygen atoms in total. The van der Waals surface area contributed by atoms with Gasteiger partial charge in [0, 0.05) is 37.7 Å². The van der Waals surface area contributed by atoms with Crippen molar-refractivity contribution in [3.05, 3.63) is 56.1 Å². The van der Waals surface area contributed by atoms with E-state index >= 15 is 0 Å². The van der Waals surface area contributed by atoms with Crippen LogP contribution in [0.25, 0.3) is 0 Å². The average Bonchev–Trinajstić information content (AvgIpc) is 3.01. The second-order valence-electron chi connectivity index (χ2n) is 6.93. The van der Waals surface area contributed by atoms with E-state index in [2.05, 4.69) is 10.00 Å². The van der Waals surface area contributed by atoms with Crippen molar-refractivity contribution >= 4 is 23.2 Å². The second-order valence-corrected chi connectivity index (χ2v) is 7.33. The number of halogens is 4. The van der Waals surface area contributed by atoms with Crippen LogP contribution in [0.15, 0.2) is 18.2 Å². The smallest absolute Gasteiger partial charge is 0.319 e. The SMILES string of the molecule is Cc1c([N+](=O)[O-])c(C(F)F)nn1CC(=O)N1CCN(Cc2ccc(F)cc2Cl)CC1. The maximum absolute atomic E-state index is 13.2. The molecule has 1 aromatic carbocycles. The van der Waals surface area contributed by atoms with Gasteiger partial charge in [-0.25, -0.2) is 13.2 Å². The van der Waals surface area contributed by atoms with Gasteiger partial charge in [-0.1, -0.05) is 17.7 Å². The van der Waals surface area contributed by atoms with Gasteiger partial charge in [0.05, 0.1) is 4.92 Å². The van der Waals surface area contributed by atoms with Crippen molar-refractivity contribution in [3.8, 4) is 0 Å². The van der Waals surface area contributed by atoms with Crippen LogP contribution in [0.5, 0.6) is 0 Å². The lowest BCUT2D eigenvalue weighted by atomic mass is 10.2. The Hall–Kier alpha value is -2.66. The molecule has 12 heteroatoms. The highest BCUT2D eigenvalue weighted by Gasteiger charge is 2.32. The molecule has 0 unspecified atom stereocenters. The Morgan fingerprint density at radius 1 is 1.30 bits per heavy atom. The van der Waals surface area contributed by atoms with Crippen LogP contribution < -0.4 is 0 Å². The van der Waals surface area contributed by atoms with Crippen LogP contribution in [0.1, 0.15) is 23.4 Å². The summed E-state index contributed by atoms with van der Waals surface area (Å²) in [6.07, 6.45) is -3.11. The van der Waals surface area contributed by atoms with Gasteiger partial charge in [-0.15, -0.1) is 0 Å². The van der Waals surface area contributed by atoms with Gasteiger partial charge >= 0.3 is 5.69 Å². The molecule has 1 saturated heterocycles. The number of benzene rings is 1. The maximum atomic E-state index is 13.2. The van der Waals surface area contributed by atoms with Gasteiger partial charge in [0.25, 0.3) is 6.43 Å². The number of nitro groups is 1. The zero-order valence-corrected chi connectivity index (χ0v) is 16.8. The minimum atomic E-state index is -3.11. The summed E-state index contributed by atoms with van der Waals surface area (Å²) < 4.78 is 40.2. The van der Waals surface area contributed by atoms with E-state index in [4.69, 9.17) is 11.6 Å². The van der Waals surface area contributed by atoms with Crippen molar-refractivity contribution in [1.82, 2.24) is 19.6 Å². The number of amides is 1. The van der Waals surface area contributed by atoms with Crippen molar-refractivity contribution in [1.29, 1.82) is 0 Å². The zero-order chi connectivity index (χ0) is 22.0. The molecule has 1 aliphatic heterocycles. The third-order valence-electron chi connectivity index (χ3n) is 5.01. The minimum Gasteiger partial charge on any atom is -0.339 e.